The lowest BCUT2D eigenvalue weighted by atomic mass is 10.1. The number of aliphatic hydroxyl groups is 1. The van der Waals surface area contributed by atoms with E-state index in [-0.39, 0.29) is 19.3 Å². The second kappa shape index (κ2) is 15.0. The van der Waals surface area contributed by atoms with Crippen LogP contribution in [-0.2, 0) is 30.4 Å². The Morgan fingerprint density at radius 2 is 1.63 bits per heavy atom. The molecule has 5 atom stereocenters. The number of aromatic nitrogens is 2. The Labute approximate surface area is 205 Å². The maximum absolute atomic E-state index is 13.0. The third-order valence-corrected chi connectivity index (χ3v) is 5.58. The molecule has 35 heavy (non-hydrogen) atoms. The number of hydrogen-bond donors (Lipinski definition) is 8. The van der Waals surface area contributed by atoms with Crippen molar-refractivity contribution in [2.75, 3.05) is 12.0 Å². The number of rotatable bonds is 16. The van der Waals surface area contributed by atoms with Gasteiger partial charge in [-0.05, 0) is 31.8 Å². The Morgan fingerprint density at radius 3 is 2.14 bits per heavy atom. The van der Waals surface area contributed by atoms with Gasteiger partial charge in [-0.3, -0.25) is 19.2 Å². The first-order chi connectivity index (χ1) is 16.5. The zero-order valence-corrected chi connectivity index (χ0v) is 20.2. The number of nitrogens with zero attached hydrogens (tertiary/aromatic N) is 1. The second-order valence-corrected chi connectivity index (χ2v) is 8.77. The molecule has 196 valence electrons. The number of carbonyl (C=O) groups excluding carboxylic acids is 3. The molecule has 9 N–H and O–H groups in total. The molecule has 5 unspecified atom stereocenters. The molecule has 0 aliphatic heterocycles. The monoisotopic (exact) mass is 516 g/mol. The summed E-state index contributed by atoms with van der Waals surface area (Å²) in [6, 6.07) is -5.11. The highest BCUT2D eigenvalue weighted by atomic mass is 32.2. The number of amides is 3. The quantitative estimate of drug-likeness (QED) is 0.117. The first-order valence-corrected chi connectivity index (χ1v) is 12.1. The van der Waals surface area contributed by atoms with E-state index in [1.165, 1.54) is 31.2 Å². The van der Waals surface area contributed by atoms with Crippen LogP contribution in [0.25, 0.3) is 0 Å². The van der Waals surface area contributed by atoms with Gasteiger partial charge in [0.1, 0.15) is 24.2 Å². The summed E-state index contributed by atoms with van der Waals surface area (Å²) >= 11 is 1.42. The molecule has 0 aromatic carbocycles. The number of carboxylic acids is 2. The maximum Gasteiger partial charge on any atom is 0.326 e. The van der Waals surface area contributed by atoms with E-state index in [4.69, 9.17) is 10.8 Å². The number of carboxylic acid groups (broad SMARTS) is 2. The van der Waals surface area contributed by atoms with Crippen molar-refractivity contribution < 1.29 is 39.3 Å². The Balaban J connectivity index is 3.05. The molecule has 1 rings (SSSR count). The van der Waals surface area contributed by atoms with Crippen LogP contribution in [0, 0.1) is 0 Å². The van der Waals surface area contributed by atoms with Crippen molar-refractivity contribution in [3.63, 3.8) is 0 Å². The number of nitrogens with two attached hydrogens (primary N) is 1. The standard InChI is InChI=1S/C20H32N6O8S/c1-10(27)16(21)19(32)24-12(5-6-35-2)17(30)26-14(7-11-8-22-9-23-11)18(31)25-13(20(33)34)3-4-15(28)29/h8-10,12-14,16,27H,3-7,21H2,1-2H3,(H,22,23)(H,24,32)(H,25,31)(H,26,30)(H,28,29)(H,33,34). The number of nitrogens with one attached hydrogen (secondary N) is 4. The van der Waals surface area contributed by atoms with Gasteiger partial charge in [-0.15, -0.1) is 0 Å². The fourth-order valence-corrected chi connectivity index (χ4v) is 3.36. The Bertz CT molecular complexity index is 866. The van der Waals surface area contributed by atoms with Gasteiger partial charge in [-0.1, -0.05) is 0 Å². The average molecular weight is 517 g/mol. The van der Waals surface area contributed by atoms with Crippen LogP contribution in [-0.4, -0.2) is 97.2 Å². The van der Waals surface area contributed by atoms with Gasteiger partial charge in [0, 0.05) is 24.7 Å². The van der Waals surface area contributed by atoms with E-state index in [1.54, 1.807) is 6.26 Å². The number of aromatic amines is 1. The molecule has 0 radical (unpaired) electrons. The molecule has 0 saturated heterocycles. The van der Waals surface area contributed by atoms with E-state index < -0.39 is 66.4 Å². The number of imidazole rings is 1. The van der Waals surface area contributed by atoms with Gasteiger partial charge < -0.3 is 42.0 Å². The van der Waals surface area contributed by atoms with Crippen LogP contribution in [0.4, 0.5) is 0 Å². The van der Waals surface area contributed by atoms with Crippen molar-refractivity contribution in [3.05, 3.63) is 18.2 Å². The molecule has 0 aliphatic carbocycles. The lowest BCUT2D eigenvalue weighted by Gasteiger charge is -2.25. The minimum Gasteiger partial charge on any atom is -0.481 e. The molecule has 0 saturated carbocycles. The Hall–Kier alpha value is -3.17. The number of H-pyrrole nitrogens is 1. The molecule has 15 heteroatoms. The predicted octanol–water partition coefficient (Wildman–Crippen LogP) is -2.18. The molecule has 14 nitrogen and oxygen atoms in total. The molecular formula is C20H32N6O8S. The highest BCUT2D eigenvalue weighted by Gasteiger charge is 2.31. The van der Waals surface area contributed by atoms with Crippen LogP contribution >= 0.6 is 11.8 Å². The highest BCUT2D eigenvalue weighted by Crippen LogP contribution is 2.06. The van der Waals surface area contributed by atoms with Gasteiger partial charge in [0.2, 0.25) is 17.7 Å². The lowest BCUT2D eigenvalue weighted by Crippen LogP contribution is -2.58. The third-order valence-electron chi connectivity index (χ3n) is 4.94. The SMILES string of the molecule is CSCCC(NC(=O)C(N)C(C)O)C(=O)NC(Cc1cnc[nH]1)C(=O)NC(CCC(=O)O)C(=O)O. The summed E-state index contributed by atoms with van der Waals surface area (Å²) < 4.78 is 0. The predicted molar refractivity (Wildman–Crippen MR) is 125 cm³/mol. The summed E-state index contributed by atoms with van der Waals surface area (Å²) in [7, 11) is 0. The maximum atomic E-state index is 13.0. The van der Waals surface area contributed by atoms with Crippen molar-refractivity contribution in [2.45, 2.75) is 62.9 Å². The van der Waals surface area contributed by atoms with E-state index in [1.807, 2.05) is 0 Å². The van der Waals surface area contributed by atoms with Gasteiger partial charge in [0.05, 0.1) is 12.4 Å². The summed E-state index contributed by atoms with van der Waals surface area (Å²) in [6.45, 7) is 1.33. The summed E-state index contributed by atoms with van der Waals surface area (Å²) in [5, 5.41) is 34.9. The van der Waals surface area contributed by atoms with Gasteiger partial charge in [0.15, 0.2) is 0 Å². The molecule has 0 spiro atoms. The van der Waals surface area contributed by atoms with E-state index in [2.05, 4.69) is 25.9 Å². The molecule has 1 heterocycles. The van der Waals surface area contributed by atoms with Gasteiger partial charge in [-0.2, -0.15) is 11.8 Å². The smallest absolute Gasteiger partial charge is 0.326 e. The number of carbonyl (C=O) groups is 5. The minimum absolute atomic E-state index is 0.0841. The lowest BCUT2D eigenvalue weighted by molar-refractivity contribution is -0.143. The molecule has 0 fully saturated rings. The Morgan fingerprint density at radius 1 is 1.03 bits per heavy atom. The van der Waals surface area contributed by atoms with Crippen LogP contribution in [0.1, 0.15) is 31.9 Å². The van der Waals surface area contributed by atoms with Crippen molar-refractivity contribution >= 4 is 41.4 Å². The van der Waals surface area contributed by atoms with E-state index >= 15 is 0 Å². The van der Waals surface area contributed by atoms with Gasteiger partial charge in [0.25, 0.3) is 0 Å². The molecule has 0 aliphatic rings. The first-order valence-electron chi connectivity index (χ1n) is 10.7. The summed E-state index contributed by atoms with van der Waals surface area (Å²) in [4.78, 5) is 67.1. The highest BCUT2D eigenvalue weighted by molar-refractivity contribution is 7.98. The molecule has 1 aromatic rings. The zero-order valence-electron chi connectivity index (χ0n) is 19.4. The fraction of sp³-hybridized carbons (Fsp3) is 0.600. The number of aliphatic hydroxyl groups excluding tert-OH is 1. The summed E-state index contributed by atoms with van der Waals surface area (Å²) in [5.74, 6) is -4.51. The van der Waals surface area contributed by atoms with Crippen LogP contribution < -0.4 is 21.7 Å². The van der Waals surface area contributed by atoms with Crippen LogP contribution in [0.2, 0.25) is 0 Å². The molecule has 3 amide bonds. The number of aliphatic carboxylic acids is 2. The van der Waals surface area contributed by atoms with Crippen LogP contribution in [0.15, 0.2) is 12.5 Å². The van der Waals surface area contributed by atoms with Crippen molar-refractivity contribution in [1.29, 1.82) is 0 Å². The largest absolute Gasteiger partial charge is 0.481 e. The van der Waals surface area contributed by atoms with E-state index in [0.717, 1.165) is 0 Å². The fourth-order valence-electron chi connectivity index (χ4n) is 2.89. The third kappa shape index (κ3) is 10.7. The number of hydrogen-bond acceptors (Lipinski definition) is 9. The van der Waals surface area contributed by atoms with Gasteiger partial charge >= 0.3 is 11.9 Å². The molecule has 1 aromatic heterocycles. The summed E-state index contributed by atoms with van der Waals surface area (Å²) in [6.07, 6.45) is 2.69. The molecular weight excluding hydrogens is 484 g/mol. The molecule has 0 bridgehead atoms. The second-order valence-electron chi connectivity index (χ2n) is 7.78. The van der Waals surface area contributed by atoms with Crippen molar-refractivity contribution in [1.82, 2.24) is 25.9 Å². The average Bonchev–Trinajstić information content (AvgIpc) is 3.30. The minimum atomic E-state index is -1.49. The normalized spacial score (nSPS) is 15.2. The van der Waals surface area contributed by atoms with Gasteiger partial charge in [-0.25, -0.2) is 9.78 Å². The van der Waals surface area contributed by atoms with Crippen LogP contribution in [0.5, 0.6) is 0 Å². The summed E-state index contributed by atoms with van der Waals surface area (Å²) in [5.41, 5.74) is 6.10. The topological polar surface area (TPSA) is 237 Å². The van der Waals surface area contributed by atoms with Crippen molar-refractivity contribution in [2.24, 2.45) is 5.73 Å². The first kappa shape index (κ1) is 29.9. The zero-order chi connectivity index (χ0) is 26.5. The number of thioether (sulfide) groups is 1. The Kier molecular flexibility index (Phi) is 12.8. The van der Waals surface area contributed by atoms with Crippen LogP contribution in [0.3, 0.4) is 0 Å². The van der Waals surface area contributed by atoms with E-state index in [9.17, 15) is 34.2 Å². The van der Waals surface area contributed by atoms with E-state index in [0.29, 0.717) is 11.4 Å². The van der Waals surface area contributed by atoms with Crippen molar-refractivity contribution in [3.8, 4) is 0 Å².